The molecular weight excluding hydrogens is 382 g/mol. The van der Waals surface area contributed by atoms with Crippen molar-refractivity contribution < 1.29 is 14.3 Å². The van der Waals surface area contributed by atoms with Crippen molar-refractivity contribution in [2.75, 3.05) is 5.32 Å². The highest BCUT2D eigenvalue weighted by atomic mass is 16.5. The number of hydrogen-bond acceptors (Lipinski definition) is 8. The van der Waals surface area contributed by atoms with Crippen LogP contribution in [0.15, 0.2) is 34.5 Å². The SMILES string of the molecule is CC(OC(=O)/C=C/c1cn(C)c(=O)n(C)c1=O)C(=O)Nc1ncnc2nc[nH]c12. The van der Waals surface area contributed by atoms with E-state index in [0.29, 0.717) is 11.2 Å². The summed E-state index contributed by atoms with van der Waals surface area (Å²) >= 11 is 0. The lowest BCUT2D eigenvalue weighted by atomic mass is 10.3. The Bertz CT molecular complexity index is 1240. The average molecular weight is 399 g/mol. The molecule has 3 aromatic heterocycles. The van der Waals surface area contributed by atoms with Gasteiger partial charge in [-0.3, -0.25) is 14.2 Å². The number of aromatic nitrogens is 6. The minimum Gasteiger partial charge on any atom is -0.449 e. The number of carbonyl (C=O) groups is 2. The standard InChI is InChI=1S/C17H17N7O5/c1-9(15(26)22-14-12-13(19-7-18-12)20-8-21-14)29-11(25)5-4-10-6-23(2)17(28)24(3)16(10)27/h4-9H,1-3H3,(H2,18,19,20,21,22,26)/b5-4+. The van der Waals surface area contributed by atoms with E-state index in [1.54, 1.807) is 0 Å². The zero-order chi connectivity index (χ0) is 21.1. The first-order chi connectivity index (χ1) is 13.8. The summed E-state index contributed by atoms with van der Waals surface area (Å²) in [5, 5.41) is 2.53. The van der Waals surface area contributed by atoms with Gasteiger partial charge in [0.25, 0.3) is 11.5 Å². The lowest BCUT2D eigenvalue weighted by Gasteiger charge is -2.12. The predicted molar refractivity (Wildman–Crippen MR) is 102 cm³/mol. The number of rotatable bonds is 5. The Labute approximate surface area is 162 Å². The van der Waals surface area contributed by atoms with Crippen LogP contribution in [0, 0.1) is 0 Å². The third-order valence-corrected chi connectivity index (χ3v) is 4.00. The van der Waals surface area contributed by atoms with Gasteiger partial charge in [0.15, 0.2) is 17.6 Å². The Morgan fingerprint density at radius 2 is 2.00 bits per heavy atom. The summed E-state index contributed by atoms with van der Waals surface area (Å²) in [7, 11) is 2.81. The van der Waals surface area contributed by atoms with Gasteiger partial charge in [-0.1, -0.05) is 0 Å². The normalized spacial score (nSPS) is 12.2. The highest BCUT2D eigenvalue weighted by Crippen LogP contribution is 2.14. The van der Waals surface area contributed by atoms with Crippen molar-refractivity contribution >= 4 is 34.9 Å². The lowest BCUT2D eigenvalue weighted by Crippen LogP contribution is -2.37. The highest BCUT2D eigenvalue weighted by molar-refractivity contribution is 6.00. The van der Waals surface area contributed by atoms with Crippen molar-refractivity contribution in [1.29, 1.82) is 0 Å². The Morgan fingerprint density at radius 3 is 2.76 bits per heavy atom. The third-order valence-electron chi connectivity index (χ3n) is 4.00. The van der Waals surface area contributed by atoms with Gasteiger partial charge in [0.1, 0.15) is 11.8 Å². The molecule has 2 N–H and O–H groups in total. The van der Waals surface area contributed by atoms with Crippen LogP contribution in [0.1, 0.15) is 12.5 Å². The number of anilines is 1. The molecule has 0 aliphatic carbocycles. The first-order valence-corrected chi connectivity index (χ1v) is 8.38. The molecule has 1 amide bonds. The monoisotopic (exact) mass is 399 g/mol. The molecular formula is C17H17N7O5. The van der Waals surface area contributed by atoms with E-state index in [1.165, 1.54) is 50.5 Å². The summed E-state index contributed by atoms with van der Waals surface area (Å²) in [6.07, 6.45) is 5.03. The van der Waals surface area contributed by atoms with E-state index >= 15 is 0 Å². The minimum atomic E-state index is -1.14. The number of imidazole rings is 1. The maximum atomic E-state index is 12.3. The smallest absolute Gasteiger partial charge is 0.331 e. The fraction of sp³-hybridized carbons (Fsp3) is 0.235. The van der Waals surface area contributed by atoms with Gasteiger partial charge in [-0.15, -0.1) is 0 Å². The topological polar surface area (TPSA) is 154 Å². The Kier molecular flexibility index (Phi) is 5.34. The summed E-state index contributed by atoms with van der Waals surface area (Å²) in [6, 6.07) is 0. The van der Waals surface area contributed by atoms with Gasteiger partial charge in [0.05, 0.1) is 11.9 Å². The van der Waals surface area contributed by atoms with Crippen molar-refractivity contribution in [1.82, 2.24) is 29.1 Å². The minimum absolute atomic E-state index is 0.117. The quantitative estimate of drug-likeness (QED) is 0.423. The van der Waals surface area contributed by atoms with E-state index in [1.807, 2.05) is 0 Å². The van der Waals surface area contributed by atoms with Crippen LogP contribution < -0.4 is 16.6 Å². The van der Waals surface area contributed by atoms with Crippen LogP contribution in [0.5, 0.6) is 0 Å². The molecule has 3 aromatic rings. The largest absolute Gasteiger partial charge is 0.449 e. The molecule has 3 heterocycles. The molecule has 0 aliphatic heterocycles. The van der Waals surface area contributed by atoms with Gasteiger partial charge in [-0.05, 0) is 13.0 Å². The Morgan fingerprint density at radius 1 is 1.24 bits per heavy atom. The number of esters is 1. The molecule has 0 fully saturated rings. The summed E-state index contributed by atoms with van der Waals surface area (Å²) in [5.74, 6) is -1.25. The van der Waals surface area contributed by atoms with E-state index in [0.717, 1.165) is 10.6 Å². The fourth-order valence-corrected chi connectivity index (χ4v) is 2.45. The van der Waals surface area contributed by atoms with Crippen molar-refractivity contribution in [3.8, 4) is 0 Å². The van der Waals surface area contributed by atoms with Gasteiger partial charge in [0, 0.05) is 26.4 Å². The van der Waals surface area contributed by atoms with Crippen LogP contribution in [0.4, 0.5) is 5.82 Å². The molecule has 0 saturated heterocycles. The summed E-state index contributed by atoms with van der Waals surface area (Å²) in [6.45, 7) is 1.39. The molecule has 12 nitrogen and oxygen atoms in total. The van der Waals surface area contributed by atoms with E-state index < -0.39 is 29.2 Å². The maximum Gasteiger partial charge on any atom is 0.331 e. The molecule has 0 spiro atoms. The Balaban J connectivity index is 1.67. The second-order valence-corrected chi connectivity index (χ2v) is 6.07. The van der Waals surface area contributed by atoms with Crippen molar-refractivity contribution in [2.24, 2.45) is 14.1 Å². The summed E-state index contributed by atoms with van der Waals surface area (Å²) < 4.78 is 7.16. The van der Waals surface area contributed by atoms with Gasteiger partial charge in [-0.2, -0.15) is 0 Å². The predicted octanol–water partition coefficient (Wildman–Crippen LogP) is -0.666. The number of amides is 1. The molecule has 0 aliphatic rings. The zero-order valence-corrected chi connectivity index (χ0v) is 15.7. The lowest BCUT2D eigenvalue weighted by molar-refractivity contribution is -0.148. The zero-order valence-electron chi connectivity index (χ0n) is 15.7. The molecule has 0 saturated carbocycles. The number of hydrogen-bond donors (Lipinski definition) is 2. The van der Waals surface area contributed by atoms with E-state index in [9.17, 15) is 19.2 Å². The average Bonchev–Trinajstić information content (AvgIpc) is 3.18. The number of aryl methyl sites for hydroxylation is 1. The second kappa shape index (κ2) is 7.88. The second-order valence-electron chi connectivity index (χ2n) is 6.07. The molecule has 12 heteroatoms. The van der Waals surface area contributed by atoms with E-state index in [2.05, 4.69) is 25.3 Å². The molecule has 0 radical (unpaired) electrons. The van der Waals surface area contributed by atoms with E-state index in [4.69, 9.17) is 4.74 Å². The number of carbonyl (C=O) groups excluding carboxylic acids is 2. The number of fused-ring (bicyclic) bond motifs is 1. The van der Waals surface area contributed by atoms with Crippen LogP contribution in [-0.2, 0) is 28.4 Å². The molecule has 3 rings (SSSR count). The molecule has 29 heavy (non-hydrogen) atoms. The van der Waals surface area contributed by atoms with Crippen LogP contribution in [0.25, 0.3) is 17.2 Å². The number of aromatic amines is 1. The van der Waals surface area contributed by atoms with E-state index in [-0.39, 0.29) is 11.4 Å². The summed E-state index contributed by atoms with van der Waals surface area (Å²) in [4.78, 5) is 62.6. The molecule has 150 valence electrons. The van der Waals surface area contributed by atoms with Crippen molar-refractivity contribution in [3.05, 3.63) is 51.3 Å². The van der Waals surface area contributed by atoms with Crippen LogP contribution >= 0.6 is 0 Å². The Hall–Kier alpha value is -4.09. The van der Waals surface area contributed by atoms with Crippen LogP contribution in [0.3, 0.4) is 0 Å². The van der Waals surface area contributed by atoms with Gasteiger partial charge < -0.3 is 19.6 Å². The summed E-state index contributed by atoms with van der Waals surface area (Å²) in [5.41, 5.74) is -0.121. The number of nitrogens with one attached hydrogen (secondary N) is 2. The number of ether oxygens (including phenoxy) is 1. The molecule has 0 bridgehead atoms. The van der Waals surface area contributed by atoms with Crippen molar-refractivity contribution in [3.63, 3.8) is 0 Å². The highest BCUT2D eigenvalue weighted by Gasteiger charge is 2.19. The van der Waals surface area contributed by atoms with Crippen LogP contribution in [-0.4, -0.2) is 47.1 Å². The van der Waals surface area contributed by atoms with Gasteiger partial charge in [0.2, 0.25) is 0 Å². The maximum absolute atomic E-state index is 12.3. The van der Waals surface area contributed by atoms with Crippen molar-refractivity contribution in [2.45, 2.75) is 13.0 Å². The number of H-pyrrole nitrogens is 1. The molecule has 1 atom stereocenters. The molecule has 0 aromatic carbocycles. The fourth-order valence-electron chi connectivity index (χ4n) is 2.45. The third kappa shape index (κ3) is 4.10. The molecule has 1 unspecified atom stereocenters. The van der Waals surface area contributed by atoms with Gasteiger partial charge >= 0.3 is 11.7 Å². The first kappa shape index (κ1) is 19.7. The number of nitrogens with zero attached hydrogens (tertiary/aromatic N) is 5. The van der Waals surface area contributed by atoms with Crippen LogP contribution in [0.2, 0.25) is 0 Å². The first-order valence-electron chi connectivity index (χ1n) is 8.38. The van der Waals surface area contributed by atoms with Gasteiger partial charge in [-0.25, -0.2) is 24.5 Å².